The smallest absolute Gasteiger partial charge is 0.167 e. The fraction of sp³-hybridized carbons (Fsp3) is 0.889. The van der Waals surface area contributed by atoms with Gasteiger partial charge in [0.1, 0.15) is 0 Å². The van der Waals surface area contributed by atoms with E-state index in [9.17, 15) is 10.5 Å². The molecule has 0 heterocycles. The van der Waals surface area contributed by atoms with Crippen LogP contribution in [0.4, 0.5) is 0 Å². The number of nitrogens with zero attached hydrogens (tertiary/aromatic N) is 4. The van der Waals surface area contributed by atoms with E-state index in [0.29, 0.717) is 0 Å². The molecule has 22 heavy (non-hydrogen) atoms. The van der Waals surface area contributed by atoms with Crippen molar-refractivity contribution in [2.75, 3.05) is 0 Å². The lowest BCUT2D eigenvalue weighted by Gasteiger charge is -2.33. The standard InChI is InChI=1S/C18H28N4/c1-17(13-19,15-9-5-3-6-10-15)21-22-18(2,14-20)16-11-7-4-8-12-16/h15-16H,3-12H2,1-2H3. The third-order valence-electron chi connectivity index (χ3n) is 5.72. The van der Waals surface area contributed by atoms with Gasteiger partial charge in [-0.05, 0) is 51.4 Å². The van der Waals surface area contributed by atoms with E-state index in [1.165, 1.54) is 38.5 Å². The van der Waals surface area contributed by atoms with Gasteiger partial charge in [-0.2, -0.15) is 20.8 Å². The van der Waals surface area contributed by atoms with Crippen LogP contribution in [0.5, 0.6) is 0 Å². The van der Waals surface area contributed by atoms with Gasteiger partial charge in [0.05, 0.1) is 12.1 Å². The van der Waals surface area contributed by atoms with E-state index in [0.717, 1.165) is 25.7 Å². The third-order valence-corrected chi connectivity index (χ3v) is 5.72. The van der Waals surface area contributed by atoms with Gasteiger partial charge in [-0.25, -0.2) is 0 Å². The molecule has 0 aliphatic heterocycles. The molecule has 0 aromatic rings. The van der Waals surface area contributed by atoms with Crippen molar-refractivity contribution >= 4 is 0 Å². The molecule has 0 radical (unpaired) electrons. The average molecular weight is 300 g/mol. The van der Waals surface area contributed by atoms with Crippen LogP contribution in [-0.2, 0) is 0 Å². The van der Waals surface area contributed by atoms with E-state index in [-0.39, 0.29) is 11.8 Å². The molecule has 2 atom stereocenters. The van der Waals surface area contributed by atoms with Crippen LogP contribution < -0.4 is 0 Å². The summed E-state index contributed by atoms with van der Waals surface area (Å²) in [5.41, 5.74) is -1.54. The zero-order valence-corrected chi connectivity index (χ0v) is 14.0. The number of hydrogen-bond acceptors (Lipinski definition) is 4. The summed E-state index contributed by atoms with van der Waals surface area (Å²) in [5.74, 6) is 0.564. The van der Waals surface area contributed by atoms with Crippen LogP contribution in [0.15, 0.2) is 10.2 Å². The van der Waals surface area contributed by atoms with Crippen LogP contribution in [-0.4, -0.2) is 11.1 Å². The Morgan fingerprint density at radius 2 is 1.00 bits per heavy atom. The van der Waals surface area contributed by atoms with Crippen molar-refractivity contribution in [3.63, 3.8) is 0 Å². The van der Waals surface area contributed by atoms with Crippen LogP contribution in [0.1, 0.15) is 78.1 Å². The predicted octanol–water partition coefficient (Wildman–Crippen LogP) is 5.16. The van der Waals surface area contributed by atoms with Crippen LogP contribution >= 0.6 is 0 Å². The normalized spacial score (nSPS) is 26.7. The van der Waals surface area contributed by atoms with E-state index in [1.807, 2.05) is 13.8 Å². The topological polar surface area (TPSA) is 72.3 Å². The minimum absolute atomic E-state index is 0.282. The van der Waals surface area contributed by atoms with E-state index in [1.54, 1.807) is 0 Å². The zero-order chi connectivity index (χ0) is 16.1. The molecule has 0 spiro atoms. The Bertz CT molecular complexity index is 430. The molecular formula is C18H28N4. The van der Waals surface area contributed by atoms with Crippen molar-refractivity contribution in [3.05, 3.63) is 0 Å². The lowest BCUT2D eigenvalue weighted by Crippen LogP contribution is -2.36. The Balaban J connectivity index is 2.15. The van der Waals surface area contributed by atoms with Crippen LogP contribution in [0.3, 0.4) is 0 Å². The Hall–Kier alpha value is -1.42. The van der Waals surface area contributed by atoms with Gasteiger partial charge in [0, 0.05) is 0 Å². The fourth-order valence-corrected chi connectivity index (χ4v) is 3.93. The van der Waals surface area contributed by atoms with Crippen LogP contribution in [0.2, 0.25) is 0 Å². The van der Waals surface area contributed by atoms with Gasteiger partial charge in [-0.15, -0.1) is 0 Å². The first-order valence-corrected chi connectivity index (χ1v) is 8.80. The highest BCUT2D eigenvalue weighted by Gasteiger charge is 2.39. The molecule has 0 bridgehead atoms. The van der Waals surface area contributed by atoms with E-state index in [4.69, 9.17) is 0 Å². The van der Waals surface area contributed by atoms with Crippen molar-refractivity contribution in [2.24, 2.45) is 22.1 Å². The number of rotatable bonds is 4. The van der Waals surface area contributed by atoms with Crippen molar-refractivity contribution in [3.8, 4) is 12.1 Å². The molecule has 2 aliphatic rings. The molecule has 0 aromatic carbocycles. The maximum atomic E-state index is 9.63. The summed E-state index contributed by atoms with van der Waals surface area (Å²) < 4.78 is 0. The van der Waals surface area contributed by atoms with Crippen molar-refractivity contribution in [1.82, 2.24) is 0 Å². The van der Waals surface area contributed by atoms with Crippen molar-refractivity contribution in [2.45, 2.75) is 89.1 Å². The summed E-state index contributed by atoms with van der Waals surface area (Å²) in [6.07, 6.45) is 11.4. The second kappa shape index (κ2) is 7.23. The summed E-state index contributed by atoms with van der Waals surface area (Å²) in [7, 11) is 0. The zero-order valence-electron chi connectivity index (χ0n) is 14.0. The first-order valence-electron chi connectivity index (χ1n) is 8.80. The second-order valence-electron chi connectivity index (χ2n) is 7.39. The molecule has 2 unspecified atom stereocenters. The minimum Gasteiger partial charge on any atom is -0.196 e. The average Bonchev–Trinajstić information content (AvgIpc) is 2.61. The molecule has 2 saturated carbocycles. The molecule has 0 saturated heterocycles. The molecule has 0 N–H and O–H groups in total. The van der Waals surface area contributed by atoms with Crippen LogP contribution in [0.25, 0.3) is 0 Å². The molecule has 0 aromatic heterocycles. The molecule has 120 valence electrons. The molecule has 4 heteroatoms. The van der Waals surface area contributed by atoms with Crippen molar-refractivity contribution in [1.29, 1.82) is 10.5 Å². The lowest BCUT2D eigenvalue weighted by molar-refractivity contribution is 0.233. The Kier molecular flexibility index (Phi) is 5.57. The van der Waals surface area contributed by atoms with Gasteiger partial charge >= 0.3 is 0 Å². The third kappa shape index (κ3) is 3.67. The monoisotopic (exact) mass is 300 g/mol. The molecule has 2 rings (SSSR count). The first-order chi connectivity index (χ1) is 10.5. The van der Waals surface area contributed by atoms with Gasteiger partial charge in [-0.1, -0.05) is 38.5 Å². The predicted molar refractivity (Wildman–Crippen MR) is 86.0 cm³/mol. The second-order valence-corrected chi connectivity index (χ2v) is 7.39. The summed E-state index contributed by atoms with van der Waals surface area (Å²) in [6, 6.07) is 4.76. The van der Waals surface area contributed by atoms with Gasteiger partial charge in [0.25, 0.3) is 0 Å². The molecule has 2 fully saturated rings. The maximum Gasteiger partial charge on any atom is 0.167 e. The highest BCUT2D eigenvalue weighted by atomic mass is 15.2. The van der Waals surface area contributed by atoms with E-state index < -0.39 is 11.1 Å². The summed E-state index contributed by atoms with van der Waals surface area (Å²) in [5, 5.41) is 28.2. The summed E-state index contributed by atoms with van der Waals surface area (Å²) >= 11 is 0. The Morgan fingerprint density at radius 1 is 0.682 bits per heavy atom. The lowest BCUT2D eigenvalue weighted by atomic mass is 9.76. The highest BCUT2D eigenvalue weighted by Crippen LogP contribution is 2.38. The number of hydrogen-bond donors (Lipinski definition) is 0. The molecule has 2 aliphatic carbocycles. The fourth-order valence-electron chi connectivity index (χ4n) is 3.93. The molecular weight excluding hydrogens is 272 g/mol. The summed E-state index contributed by atoms with van der Waals surface area (Å²) in [4.78, 5) is 0. The van der Waals surface area contributed by atoms with Crippen molar-refractivity contribution < 1.29 is 0 Å². The number of nitriles is 2. The summed E-state index contributed by atoms with van der Waals surface area (Å²) in [6.45, 7) is 3.79. The number of azo groups is 1. The Labute approximate surface area is 134 Å². The molecule has 4 nitrogen and oxygen atoms in total. The van der Waals surface area contributed by atoms with E-state index in [2.05, 4.69) is 22.4 Å². The van der Waals surface area contributed by atoms with Crippen LogP contribution in [0, 0.1) is 34.5 Å². The van der Waals surface area contributed by atoms with Gasteiger partial charge in [-0.3, -0.25) is 0 Å². The van der Waals surface area contributed by atoms with Gasteiger partial charge in [0.15, 0.2) is 11.1 Å². The van der Waals surface area contributed by atoms with Gasteiger partial charge < -0.3 is 0 Å². The maximum absolute atomic E-state index is 9.63. The molecule has 0 amide bonds. The minimum atomic E-state index is -0.771. The quantitative estimate of drug-likeness (QED) is 0.672. The SMILES string of the molecule is CC(C#N)(N=NC(C)(C#N)C1CCCCC1)C1CCCCC1. The van der Waals surface area contributed by atoms with Gasteiger partial charge in [0.2, 0.25) is 0 Å². The van der Waals surface area contributed by atoms with E-state index >= 15 is 0 Å². The largest absolute Gasteiger partial charge is 0.196 e. The highest BCUT2D eigenvalue weighted by molar-refractivity contribution is 5.12. The first kappa shape index (κ1) is 16.9. The Morgan fingerprint density at radius 3 is 1.27 bits per heavy atom.